The van der Waals surface area contributed by atoms with Crippen LogP contribution in [0.15, 0.2) is 0 Å². The molecule has 1 aliphatic rings. The summed E-state index contributed by atoms with van der Waals surface area (Å²) in [6.07, 6.45) is -3.69. The molecule has 2 rings (SSSR count). The monoisotopic (exact) mass is 382 g/mol. The van der Waals surface area contributed by atoms with Gasteiger partial charge in [-0.2, -0.15) is 13.9 Å². The zero-order valence-corrected chi connectivity index (χ0v) is 15.0. The first kappa shape index (κ1) is 20.6. The third-order valence-electron chi connectivity index (χ3n) is 4.64. The molecule has 0 aromatic carbocycles. The van der Waals surface area contributed by atoms with Crippen LogP contribution in [0.5, 0.6) is 0 Å². The quantitative estimate of drug-likeness (QED) is 0.446. The molecule has 1 fully saturated rings. The lowest BCUT2D eigenvalue weighted by atomic mass is 9.64. The summed E-state index contributed by atoms with van der Waals surface area (Å²) >= 11 is 0. The number of aromatic nitrogens is 2. The van der Waals surface area contributed by atoms with Crippen LogP contribution in [0, 0.1) is 12.3 Å². The molecule has 1 aromatic heterocycles. The molecule has 0 bridgehead atoms. The highest BCUT2D eigenvalue weighted by Crippen LogP contribution is 2.54. The Balaban J connectivity index is 2.46. The van der Waals surface area contributed by atoms with Gasteiger partial charge in [0, 0.05) is 32.4 Å². The fourth-order valence-electron chi connectivity index (χ4n) is 3.37. The molecule has 26 heavy (non-hydrogen) atoms. The van der Waals surface area contributed by atoms with Crippen molar-refractivity contribution in [1.82, 2.24) is 9.78 Å². The number of halogens is 4. The number of esters is 1. The van der Waals surface area contributed by atoms with Gasteiger partial charge in [-0.1, -0.05) is 0 Å². The number of ether oxygens (including phenoxy) is 2. The topological polar surface area (TPSA) is 73.6 Å². The van der Waals surface area contributed by atoms with Crippen molar-refractivity contribution in [2.75, 3.05) is 13.7 Å². The van der Waals surface area contributed by atoms with E-state index in [-0.39, 0.29) is 17.9 Å². The maximum atomic E-state index is 13.8. The van der Waals surface area contributed by atoms with Crippen molar-refractivity contribution in [3.8, 4) is 0 Å². The number of hydrogen-bond donors (Lipinski definition) is 1. The summed E-state index contributed by atoms with van der Waals surface area (Å²) in [6.45, 7) is 2.88. The van der Waals surface area contributed by atoms with Gasteiger partial charge in [0.15, 0.2) is 5.79 Å². The smallest absolute Gasteiger partial charge is 0.356 e. The van der Waals surface area contributed by atoms with Gasteiger partial charge in [0.25, 0.3) is 5.92 Å². The molecule has 0 radical (unpaired) electrons. The highest BCUT2D eigenvalue weighted by molar-refractivity contribution is 5.89. The van der Waals surface area contributed by atoms with E-state index < -0.39 is 54.6 Å². The number of hydrogen-bond acceptors (Lipinski definition) is 5. The number of methoxy groups -OCH3 is 1. The number of carbonyl (C=O) groups excluding carboxylic acids is 1. The van der Waals surface area contributed by atoms with E-state index in [1.807, 2.05) is 0 Å². The van der Waals surface area contributed by atoms with Gasteiger partial charge in [-0.3, -0.25) is 4.68 Å². The van der Waals surface area contributed by atoms with Gasteiger partial charge in [-0.25, -0.2) is 13.6 Å². The minimum atomic E-state index is -3.36. The Morgan fingerprint density at radius 3 is 2.42 bits per heavy atom. The van der Waals surface area contributed by atoms with Crippen LogP contribution in [-0.4, -0.2) is 46.8 Å². The molecule has 0 spiro atoms. The molecule has 0 atom stereocenters. The van der Waals surface area contributed by atoms with Crippen LogP contribution in [0.25, 0.3) is 0 Å². The van der Waals surface area contributed by atoms with Gasteiger partial charge in [-0.05, 0) is 13.8 Å². The van der Waals surface area contributed by atoms with Gasteiger partial charge < -0.3 is 14.6 Å². The summed E-state index contributed by atoms with van der Waals surface area (Å²) < 4.78 is 65.4. The fourth-order valence-corrected chi connectivity index (χ4v) is 3.37. The largest absolute Gasteiger partial charge is 0.461 e. The first-order valence-electron chi connectivity index (χ1n) is 8.07. The van der Waals surface area contributed by atoms with Crippen LogP contribution in [-0.2, 0) is 21.9 Å². The molecule has 1 saturated carbocycles. The van der Waals surface area contributed by atoms with Gasteiger partial charge >= 0.3 is 5.97 Å². The van der Waals surface area contributed by atoms with E-state index in [2.05, 4.69) is 5.10 Å². The number of rotatable bonds is 7. The van der Waals surface area contributed by atoms with E-state index in [9.17, 15) is 27.5 Å². The van der Waals surface area contributed by atoms with Gasteiger partial charge in [0.2, 0.25) is 6.43 Å². The van der Waals surface area contributed by atoms with Crippen LogP contribution in [0.2, 0.25) is 0 Å². The zero-order valence-electron chi connectivity index (χ0n) is 15.0. The highest BCUT2D eigenvalue weighted by Gasteiger charge is 2.60. The number of nitrogens with zero attached hydrogens (tertiary/aromatic N) is 2. The van der Waals surface area contributed by atoms with Crippen molar-refractivity contribution in [2.24, 2.45) is 5.41 Å². The minimum absolute atomic E-state index is 0.00921. The van der Waals surface area contributed by atoms with Crippen molar-refractivity contribution in [1.29, 1.82) is 0 Å². The Bertz CT molecular complexity index is 679. The number of alkyl halides is 4. The molecular weight excluding hydrogens is 360 g/mol. The lowest BCUT2D eigenvalue weighted by Crippen LogP contribution is -2.58. The molecule has 10 heteroatoms. The molecular formula is C16H22F4N2O4. The van der Waals surface area contributed by atoms with Crippen molar-refractivity contribution < 1.29 is 36.9 Å². The molecule has 0 aliphatic heterocycles. The van der Waals surface area contributed by atoms with Gasteiger partial charge in [0.05, 0.1) is 18.6 Å². The Morgan fingerprint density at radius 1 is 1.42 bits per heavy atom. The van der Waals surface area contributed by atoms with Crippen molar-refractivity contribution in [2.45, 2.75) is 58.3 Å². The Morgan fingerprint density at radius 2 is 2.00 bits per heavy atom. The summed E-state index contributed by atoms with van der Waals surface area (Å²) in [6, 6.07) is 0. The second-order valence-corrected chi connectivity index (χ2v) is 6.76. The lowest BCUT2D eigenvalue weighted by molar-refractivity contribution is -0.309. The maximum absolute atomic E-state index is 13.8. The summed E-state index contributed by atoms with van der Waals surface area (Å²) in [5, 5.41) is 13.7. The molecule has 0 saturated heterocycles. The summed E-state index contributed by atoms with van der Waals surface area (Å²) in [5.74, 6) is -5.99. The second kappa shape index (κ2) is 6.80. The third-order valence-corrected chi connectivity index (χ3v) is 4.64. The first-order chi connectivity index (χ1) is 11.9. The first-order valence-corrected chi connectivity index (χ1v) is 8.07. The van der Waals surface area contributed by atoms with Crippen LogP contribution in [0.4, 0.5) is 17.6 Å². The molecule has 148 valence electrons. The van der Waals surface area contributed by atoms with E-state index in [0.717, 1.165) is 4.68 Å². The van der Waals surface area contributed by atoms with E-state index in [1.54, 1.807) is 0 Å². The van der Waals surface area contributed by atoms with Gasteiger partial charge in [0.1, 0.15) is 11.4 Å². The highest BCUT2D eigenvalue weighted by atomic mass is 19.3. The molecule has 0 amide bonds. The maximum Gasteiger partial charge on any atom is 0.356 e. The van der Waals surface area contributed by atoms with Gasteiger partial charge in [-0.15, -0.1) is 0 Å². The SMILES string of the molecule is CCOC(=O)c1c(C)c(C(C)(F)F)nn1CC1(C(F)F)CC(O)(OC)C1. The van der Waals surface area contributed by atoms with E-state index in [4.69, 9.17) is 9.47 Å². The molecule has 6 nitrogen and oxygen atoms in total. The molecule has 1 aromatic rings. The van der Waals surface area contributed by atoms with Crippen molar-refractivity contribution in [3.05, 3.63) is 17.0 Å². The molecule has 1 aliphatic carbocycles. The number of carbonyl (C=O) groups is 1. The van der Waals surface area contributed by atoms with E-state index in [1.165, 1.54) is 21.0 Å². The van der Waals surface area contributed by atoms with Crippen molar-refractivity contribution >= 4 is 5.97 Å². The number of aliphatic hydroxyl groups is 1. The Kier molecular flexibility index (Phi) is 5.40. The molecule has 0 unspecified atom stereocenters. The summed E-state index contributed by atoms with van der Waals surface area (Å²) in [5.41, 5.74) is -2.84. The standard InChI is InChI=1S/C16H22F4N2O4/c1-5-26-12(23)10-9(2)11(14(3,19)20)21-22(10)8-15(13(17)18)6-16(24,7-15)25-4/h13,24H,5-8H2,1-4H3. The second-order valence-electron chi connectivity index (χ2n) is 6.76. The van der Waals surface area contributed by atoms with Crippen LogP contribution in [0.1, 0.15) is 48.4 Å². The average molecular weight is 382 g/mol. The Hall–Kier alpha value is -1.68. The fraction of sp³-hybridized carbons (Fsp3) is 0.750. The Labute approximate surface area is 148 Å². The minimum Gasteiger partial charge on any atom is -0.461 e. The van der Waals surface area contributed by atoms with Crippen LogP contribution < -0.4 is 0 Å². The zero-order chi connectivity index (χ0) is 19.9. The van der Waals surface area contributed by atoms with Crippen molar-refractivity contribution in [3.63, 3.8) is 0 Å². The predicted octanol–water partition coefficient (Wildman–Crippen LogP) is 2.86. The van der Waals surface area contributed by atoms with Crippen LogP contribution in [0.3, 0.4) is 0 Å². The predicted molar refractivity (Wildman–Crippen MR) is 82.1 cm³/mol. The normalized spacial score (nSPS) is 26.1. The van der Waals surface area contributed by atoms with E-state index in [0.29, 0.717) is 6.92 Å². The third kappa shape index (κ3) is 3.57. The summed E-state index contributed by atoms with van der Waals surface area (Å²) in [4.78, 5) is 12.2. The molecule has 1 N–H and O–H groups in total. The average Bonchev–Trinajstić information content (AvgIpc) is 2.81. The summed E-state index contributed by atoms with van der Waals surface area (Å²) in [7, 11) is 1.19. The van der Waals surface area contributed by atoms with Crippen LogP contribution >= 0.6 is 0 Å². The molecule has 1 heterocycles. The lowest BCUT2D eigenvalue weighted by Gasteiger charge is -2.51. The van der Waals surface area contributed by atoms with E-state index >= 15 is 0 Å².